The lowest BCUT2D eigenvalue weighted by Crippen LogP contribution is -2.60. The molecule has 9 nitrogen and oxygen atoms in total. The highest BCUT2D eigenvalue weighted by molar-refractivity contribution is 5.76. The molecule has 0 spiro atoms. The smallest absolute Gasteiger partial charge is 0.220 e. The van der Waals surface area contributed by atoms with Crippen LogP contribution in [0.3, 0.4) is 0 Å². The molecule has 0 aromatic carbocycles. The molecular weight excluding hydrogens is 971 g/mol. The lowest BCUT2D eigenvalue weighted by atomic mass is 9.99. The van der Waals surface area contributed by atoms with Gasteiger partial charge in [-0.2, -0.15) is 0 Å². The molecule has 0 radical (unpaired) electrons. The molecule has 1 heterocycles. The Morgan fingerprint density at radius 3 is 1.23 bits per heavy atom. The van der Waals surface area contributed by atoms with E-state index in [4.69, 9.17) is 9.47 Å². The molecule has 7 unspecified atom stereocenters. The monoisotopic (exact) mass is 1090 g/mol. The first-order valence-electron chi connectivity index (χ1n) is 31.8. The average molecular weight is 1090 g/mol. The van der Waals surface area contributed by atoms with Crippen LogP contribution < -0.4 is 5.32 Å². The maximum atomic E-state index is 13.1. The van der Waals surface area contributed by atoms with E-state index in [-0.39, 0.29) is 12.5 Å². The van der Waals surface area contributed by atoms with Crippen LogP contribution in [-0.4, -0.2) is 87.5 Å². The molecular formula is C69H117NO8. The second-order valence-electron chi connectivity index (χ2n) is 21.4. The molecule has 6 N–H and O–H groups in total. The first-order chi connectivity index (χ1) is 38.3. The van der Waals surface area contributed by atoms with Crippen molar-refractivity contribution < 1.29 is 39.8 Å². The fourth-order valence-corrected chi connectivity index (χ4v) is 9.29. The Morgan fingerprint density at radius 2 is 0.808 bits per heavy atom. The highest BCUT2D eigenvalue weighted by atomic mass is 16.7. The molecule has 0 aromatic rings. The predicted octanol–water partition coefficient (Wildman–Crippen LogP) is 16.7. The van der Waals surface area contributed by atoms with Crippen LogP contribution in [0.5, 0.6) is 0 Å². The van der Waals surface area contributed by atoms with Crippen LogP contribution in [0.1, 0.15) is 251 Å². The summed E-state index contributed by atoms with van der Waals surface area (Å²) < 4.78 is 11.3. The van der Waals surface area contributed by atoms with E-state index < -0.39 is 49.5 Å². The molecule has 0 saturated carbocycles. The highest BCUT2D eigenvalue weighted by Gasteiger charge is 2.44. The van der Waals surface area contributed by atoms with Gasteiger partial charge in [-0.15, -0.1) is 0 Å². The second kappa shape index (κ2) is 56.8. The third-order valence-electron chi connectivity index (χ3n) is 14.2. The van der Waals surface area contributed by atoms with Gasteiger partial charge in [0.2, 0.25) is 5.91 Å². The molecule has 0 bridgehead atoms. The van der Waals surface area contributed by atoms with Gasteiger partial charge in [0.25, 0.3) is 0 Å². The van der Waals surface area contributed by atoms with Crippen molar-refractivity contribution in [2.45, 2.75) is 294 Å². The van der Waals surface area contributed by atoms with Crippen molar-refractivity contribution in [1.29, 1.82) is 0 Å². The van der Waals surface area contributed by atoms with E-state index in [1.54, 1.807) is 6.08 Å². The van der Waals surface area contributed by atoms with Crippen molar-refractivity contribution in [3.63, 3.8) is 0 Å². The molecule has 1 amide bonds. The van der Waals surface area contributed by atoms with Crippen LogP contribution in [0.15, 0.2) is 122 Å². The van der Waals surface area contributed by atoms with Crippen LogP contribution in [-0.2, 0) is 14.3 Å². The van der Waals surface area contributed by atoms with Gasteiger partial charge in [0.1, 0.15) is 24.4 Å². The summed E-state index contributed by atoms with van der Waals surface area (Å²) in [5.41, 5.74) is 0. The van der Waals surface area contributed by atoms with Gasteiger partial charge in [0.05, 0.1) is 25.4 Å². The van der Waals surface area contributed by atoms with Crippen molar-refractivity contribution in [3.05, 3.63) is 122 Å². The van der Waals surface area contributed by atoms with Crippen molar-refractivity contribution in [2.75, 3.05) is 13.2 Å². The largest absolute Gasteiger partial charge is 0.394 e. The first-order valence-corrected chi connectivity index (χ1v) is 31.8. The van der Waals surface area contributed by atoms with Crippen molar-refractivity contribution >= 4 is 5.91 Å². The molecule has 446 valence electrons. The molecule has 1 aliphatic rings. The topological polar surface area (TPSA) is 149 Å². The van der Waals surface area contributed by atoms with Gasteiger partial charge < -0.3 is 40.3 Å². The number of amides is 1. The van der Waals surface area contributed by atoms with Gasteiger partial charge in [0, 0.05) is 6.42 Å². The van der Waals surface area contributed by atoms with Gasteiger partial charge >= 0.3 is 0 Å². The fraction of sp³-hybridized carbons (Fsp3) is 0.696. The Bertz CT molecular complexity index is 1640. The van der Waals surface area contributed by atoms with E-state index in [9.17, 15) is 30.3 Å². The van der Waals surface area contributed by atoms with E-state index in [2.05, 4.69) is 129 Å². The van der Waals surface area contributed by atoms with E-state index in [1.807, 2.05) is 6.08 Å². The number of hydrogen-bond acceptors (Lipinski definition) is 8. The quantitative estimate of drug-likeness (QED) is 0.0261. The maximum Gasteiger partial charge on any atom is 0.220 e. The highest BCUT2D eigenvalue weighted by Crippen LogP contribution is 2.23. The number of aliphatic hydroxyl groups is 5. The van der Waals surface area contributed by atoms with Gasteiger partial charge in [-0.05, 0) is 103 Å². The minimum Gasteiger partial charge on any atom is -0.394 e. The molecule has 1 aliphatic heterocycles. The number of unbranched alkanes of at least 4 members (excludes halogenated alkanes) is 25. The van der Waals surface area contributed by atoms with Crippen molar-refractivity contribution in [3.8, 4) is 0 Å². The molecule has 1 saturated heterocycles. The van der Waals surface area contributed by atoms with Crippen LogP contribution >= 0.6 is 0 Å². The lowest BCUT2D eigenvalue weighted by Gasteiger charge is -2.40. The van der Waals surface area contributed by atoms with E-state index in [1.165, 1.54) is 116 Å². The van der Waals surface area contributed by atoms with Gasteiger partial charge in [0.15, 0.2) is 6.29 Å². The maximum absolute atomic E-state index is 13.1. The van der Waals surface area contributed by atoms with Gasteiger partial charge in [-0.25, -0.2) is 0 Å². The van der Waals surface area contributed by atoms with Crippen LogP contribution in [0.25, 0.3) is 0 Å². The standard InChI is InChI=1S/C69H117NO8/c1-3-5-7-9-11-13-15-17-19-21-23-25-27-29-31-33-34-36-38-40-42-44-46-48-50-52-54-56-58-63(72)62(61-77-69-68(76)67(75)66(74)64(60-71)78-69)70-65(73)59-57-55-53-51-49-47-45-43-41-39-37-35-32-30-28-26-24-22-20-18-16-14-12-10-8-6-4-2/h6,8,12,14,18,20,24,26,30,32,37,39-40,42-43,45,48,50,56,58,62-64,66-69,71-72,74-76H,3-5,7,9-11,13,15-17,19,21-23,25,27-29,31,33-36,38,41,44,46-47,49,51-55,57,59-61H2,1-2H3,(H,70,73)/b8-6-,14-12-,20-18-,26-24-,32-30-,39-37-,42-40+,45-43-,50-48+,58-56+. The third kappa shape index (κ3) is 45.3. The zero-order valence-electron chi connectivity index (χ0n) is 49.6. The summed E-state index contributed by atoms with van der Waals surface area (Å²) in [5.74, 6) is -0.213. The Balaban J connectivity index is 2.26. The van der Waals surface area contributed by atoms with E-state index >= 15 is 0 Å². The van der Waals surface area contributed by atoms with Gasteiger partial charge in [-0.3, -0.25) is 4.79 Å². The Labute approximate surface area is 478 Å². The number of allylic oxidation sites excluding steroid dienone is 19. The lowest BCUT2D eigenvalue weighted by molar-refractivity contribution is -0.302. The normalized spacial score (nSPS) is 19.5. The van der Waals surface area contributed by atoms with Crippen molar-refractivity contribution in [1.82, 2.24) is 5.32 Å². The minimum absolute atomic E-state index is 0.213. The number of carbonyl (C=O) groups excluding carboxylic acids is 1. The minimum atomic E-state index is -1.59. The number of rotatable bonds is 53. The molecule has 0 aromatic heterocycles. The van der Waals surface area contributed by atoms with Crippen LogP contribution in [0.4, 0.5) is 0 Å². The average Bonchev–Trinajstić information content (AvgIpc) is 3.45. The third-order valence-corrected chi connectivity index (χ3v) is 14.2. The molecule has 78 heavy (non-hydrogen) atoms. The number of ether oxygens (including phenoxy) is 2. The second-order valence-corrected chi connectivity index (χ2v) is 21.4. The summed E-state index contributed by atoms with van der Waals surface area (Å²) in [4.78, 5) is 13.1. The molecule has 0 aliphatic carbocycles. The van der Waals surface area contributed by atoms with E-state index in [0.717, 1.165) is 116 Å². The summed E-state index contributed by atoms with van der Waals surface area (Å²) in [7, 11) is 0. The zero-order chi connectivity index (χ0) is 56.5. The first kappa shape index (κ1) is 72.6. The van der Waals surface area contributed by atoms with Gasteiger partial charge in [-0.1, -0.05) is 264 Å². The molecule has 1 fully saturated rings. The number of nitrogens with one attached hydrogen (secondary N) is 1. The van der Waals surface area contributed by atoms with Crippen LogP contribution in [0, 0.1) is 0 Å². The molecule has 1 rings (SSSR count). The van der Waals surface area contributed by atoms with Crippen molar-refractivity contribution in [2.24, 2.45) is 0 Å². The van der Waals surface area contributed by atoms with E-state index in [0.29, 0.717) is 6.42 Å². The molecule has 9 heteroatoms. The summed E-state index contributed by atoms with van der Waals surface area (Å²) in [6, 6.07) is -0.850. The number of carbonyl (C=O) groups is 1. The van der Waals surface area contributed by atoms with Crippen LogP contribution in [0.2, 0.25) is 0 Å². The fourth-order valence-electron chi connectivity index (χ4n) is 9.29. The summed E-state index contributed by atoms with van der Waals surface area (Å²) in [6.45, 7) is 3.64. The predicted molar refractivity (Wildman–Crippen MR) is 331 cm³/mol. The number of hydrogen-bond donors (Lipinski definition) is 6. The Kier molecular flexibility index (Phi) is 52.9. The molecule has 7 atom stereocenters. The zero-order valence-corrected chi connectivity index (χ0v) is 49.6. The Morgan fingerprint density at radius 1 is 0.449 bits per heavy atom. The summed E-state index contributed by atoms with van der Waals surface area (Å²) in [6.07, 6.45) is 78.5. The summed E-state index contributed by atoms with van der Waals surface area (Å²) >= 11 is 0. The SMILES string of the molecule is CC/C=C\C/C=C\C/C=C\C/C=C\C/C=C\C/C=C\C/C=C\CCCCCCCC(=O)NC(COC1OC(CO)C(O)C(O)C1O)C(O)/C=C/CC/C=C/CC/C=C/CCCCCCCCCCCCCCCCCCCC. The Hall–Kier alpha value is -3.41. The summed E-state index contributed by atoms with van der Waals surface area (Å²) in [5, 5.41) is 54.6. The number of aliphatic hydroxyl groups excluding tert-OH is 5.